The van der Waals surface area contributed by atoms with Crippen LogP contribution in [0.3, 0.4) is 0 Å². The van der Waals surface area contributed by atoms with Crippen LogP contribution in [-0.2, 0) is 0 Å². The maximum absolute atomic E-state index is 13.6. The molecule has 1 atom stereocenters. The average molecular weight is 265 g/mol. The van der Waals surface area contributed by atoms with Crippen molar-refractivity contribution in [3.63, 3.8) is 0 Å². The van der Waals surface area contributed by atoms with Gasteiger partial charge in [0.05, 0.1) is 11.8 Å². The Labute approximate surface area is 113 Å². The minimum Gasteiger partial charge on any atom is -0.337 e. The molecule has 19 heavy (non-hydrogen) atoms. The van der Waals surface area contributed by atoms with Crippen LogP contribution in [0.25, 0.3) is 0 Å². The molecule has 0 aromatic carbocycles. The van der Waals surface area contributed by atoms with E-state index in [0.29, 0.717) is 19.1 Å². The smallest absolute Gasteiger partial charge is 0.256 e. The Morgan fingerprint density at radius 2 is 2.26 bits per heavy atom. The van der Waals surface area contributed by atoms with Crippen molar-refractivity contribution in [2.75, 3.05) is 26.2 Å². The number of hydrogen-bond donors (Lipinski definition) is 0. The number of aromatic nitrogens is 1. The van der Waals surface area contributed by atoms with Gasteiger partial charge in [-0.25, -0.2) is 4.39 Å². The largest absolute Gasteiger partial charge is 0.337 e. The van der Waals surface area contributed by atoms with Gasteiger partial charge in [0.2, 0.25) is 0 Å². The van der Waals surface area contributed by atoms with Gasteiger partial charge >= 0.3 is 0 Å². The number of pyridine rings is 1. The van der Waals surface area contributed by atoms with Gasteiger partial charge in [0.15, 0.2) is 5.82 Å². The summed E-state index contributed by atoms with van der Waals surface area (Å²) >= 11 is 0. The van der Waals surface area contributed by atoms with Crippen molar-refractivity contribution < 1.29 is 9.18 Å². The summed E-state index contributed by atoms with van der Waals surface area (Å²) in [5.41, 5.74) is 0.121. The van der Waals surface area contributed by atoms with Crippen LogP contribution in [0.1, 0.15) is 30.6 Å². The van der Waals surface area contributed by atoms with Crippen LogP contribution in [0.2, 0.25) is 0 Å². The molecule has 0 radical (unpaired) electrons. The summed E-state index contributed by atoms with van der Waals surface area (Å²) in [5.74, 6) is -0.770. The highest BCUT2D eigenvalue weighted by Crippen LogP contribution is 2.18. The number of nitrogens with zero attached hydrogens (tertiary/aromatic N) is 3. The highest BCUT2D eigenvalue weighted by molar-refractivity contribution is 5.94. The molecule has 1 amide bonds. The number of hydrogen-bond acceptors (Lipinski definition) is 3. The van der Waals surface area contributed by atoms with Gasteiger partial charge in [-0.1, -0.05) is 13.8 Å². The molecule has 1 fully saturated rings. The lowest BCUT2D eigenvalue weighted by molar-refractivity contribution is 0.0773. The van der Waals surface area contributed by atoms with Crippen molar-refractivity contribution in [1.82, 2.24) is 14.8 Å². The first kappa shape index (κ1) is 13.9. The number of amides is 1. The summed E-state index contributed by atoms with van der Waals surface area (Å²) in [5, 5.41) is 0. The first-order valence-corrected chi connectivity index (χ1v) is 6.80. The third-order valence-corrected chi connectivity index (χ3v) is 3.78. The zero-order valence-electron chi connectivity index (χ0n) is 11.5. The van der Waals surface area contributed by atoms with Gasteiger partial charge in [-0.2, -0.15) is 0 Å². The second kappa shape index (κ2) is 6.10. The van der Waals surface area contributed by atoms with Crippen molar-refractivity contribution in [3.05, 3.63) is 29.8 Å². The van der Waals surface area contributed by atoms with Crippen LogP contribution >= 0.6 is 0 Å². The van der Waals surface area contributed by atoms with Crippen LogP contribution in [-0.4, -0.2) is 52.9 Å². The van der Waals surface area contributed by atoms with E-state index in [1.165, 1.54) is 12.3 Å². The summed E-state index contributed by atoms with van der Waals surface area (Å²) in [6.45, 7) is 7.58. The number of rotatable bonds is 4. The second-order valence-corrected chi connectivity index (χ2v) is 4.77. The third-order valence-electron chi connectivity index (χ3n) is 3.78. The standard InChI is InChI=1S/C14H20FN3O/c1-3-17(4-2)11-6-8-18(10-11)14(19)12-5-7-16-9-13(12)15/h5,7,9,11H,3-4,6,8,10H2,1-2H3. The predicted molar refractivity (Wildman–Crippen MR) is 71.4 cm³/mol. The Hall–Kier alpha value is -1.49. The van der Waals surface area contributed by atoms with Crippen LogP contribution in [0, 0.1) is 5.82 Å². The lowest BCUT2D eigenvalue weighted by atomic mass is 10.2. The second-order valence-electron chi connectivity index (χ2n) is 4.77. The SMILES string of the molecule is CCN(CC)C1CCN(C(=O)c2ccncc2F)C1. The Morgan fingerprint density at radius 1 is 1.53 bits per heavy atom. The van der Waals surface area contributed by atoms with Gasteiger partial charge in [0, 0.05) is 25.3 Å². The molecule has 104 valence electrons. The van der Waals surface area contributed by atoms with E-state index in [4.69, 9.17) is 0 Å². The van der Waals surface area contributed by atoms with E-state index < -0.39 is 5.82 Å². The molecular formula is C14H20FN3O. The van der Waals surface area contributed by atoms with Crippen molar-refractivity contribution in [2.45, 2.75) is 26.3 Å². The molecule has 0 bridgehead atoms. The van der Waals surface area contributed by atoms with E-state index in [1.807, 2.05) is 0 Å². The number of likely N-dealkylation sites (N-methyl/N-ethyl adjacent to an activating group) is 1. The summed E-state index contributed by atoms with van der Waals surface area (Å²) < 4.78 is 13.6. The molecular weight excluding hydrogens is 245 g/mol. The number of likely N-dealkylation sites (tertiary alicyclic amines) is 1. The molecule has 2 rings (SSSR count). The molecule has 1 saturated heterocycles. The fourth-order valence-electron chi connectivity index (χ4n) is 2.68. The Balaban J connectivity index is 2.05. The van der Waals surface area contributed by atoms with Gasteiger partial charge in [0.25, 0.3) is 5.91 Å². The van der Waals surface area contributed by atoms with E-state index in [1.54, 1.807) is 4.90 Å². The van der Waals surface area contributed by atoms with Gasteiger partial charge in [-0.15, -0.1) is 0 Å². The molecule has 1 aliphatic rings. The summed E-state index contributed by atoms with van der Waals surface area (Å²) in [6, 6.07) is 1.84. The fraction of sp³-hybridized carbons (Fsp3) is 0.571. The molecule has 0 spiro atoms. The first-order valence-electron chi connectivity index (χ1n) is 6.80. The van der Waals surface area contributed by atoms with E-state index in [2.05, 4.69) is 23.7 Å². The zero-order chi connectivity index (χ0) is 13.8. The highest BCUT2D eigenvalue weighted by Gasteiger charge is 2.30. The van der Waals surface area contributed by atoms with Gasteiger partial charge in [0.1, 0.15) is 0 Å². The van der Waals surface area contributed by atoms with Crippen molar-refractivity contribution in [2.24, 2.45) is 0 Å². The Morgan fingerprint density at radius 3 is 2.89 bits per heavy atom. The van der Waals surface area contributed by atoms with Gasteiger partial charge < -0.3 is 4.90 Å². The van der Waals surface area contributed by atoms with Crippen LogP contribution in [0.15, 0.2) is 18.5 Å². The molecule has 1 aromatic heterocycles. The van der Waals surface area contributed by atoms with Crippen molar-refractivity contribution in [3.8, 4) is 0 Å². The first-order chi connectivity index (χ1) is 9.17. The van der Waals surface area contributed by atoms with Crippen LogP contribution in [0.4, 0.5) is 4.39 Å². The quantitative estimate of drug-likeness (QED) is 0.832. The molecule has 1 unspecified atom stereocenters. The van der Waals surface area contributed by atoms with E-state index >= 15 is 0 Å². The predicted octanol–water partition coefficient (Wildman–Crippen LogP) is 1.78. The molecule has 2 heterocycles. The molecule has 0 saturated carbocycles. The normalized spacial score (nSPS) is 19.2. The highest BCUT2D eigenvalue weighted by atomic mass is 19.1. The summed E-state index contributed by atoms with van der Waals surface area (Å²) in [4.78, 5) is 20.0. The van der Waals surface area contributed by atoms with Crippen LogP contribution in [0.5, 0.6) is 0 Å². The van der Waals surface area contributed by atoms with Gasteiger partial charge in [-0.05, 0) is 25.6 Å². The van der Waals surface area contributed by atoms with Crippen LogP contribution < -0.4 is 0 Å². The molecule has 0 aliphatic carbocycles. The topological polar surface area (TPSA) is 36.4 Å². The summed E-state index contributed by atoms with van der Waals surface area (Å²) in [6.07, 6.45) is 3.50. The minimum absolute atomic E-state index is 0.121. The number of carbonyl (C=O) groups is 1. The number of halogens is 1. The molecule has 1 aromatic rings. The van der Waals surface area contributed by atoms with E-state index in [-0.39, 0.29) is 11.5 Å². The average Bonchev–Trinajstić information content (AvgIpc) is 2.90. The molecule has 0 N–H and O–H groups in total. The molecule has 5 heteroatoms. The molecule has 4 nitrogen and oxygen atoms in total. The summed E-state index contributed by atoms with van der Waals surface area (Å²) in [7, 11) is 0. The zero-order valence-corrected chi connectivity index (χ0v) is 11.5. The Kier molecular flexibility index (Phi) is 4.47. The van der Waals surface area contributed by atoms with Gasteiger partial charge in [-0.3, -0.25) is 14.7 Å². The van der Waals surface area contributed by atoms with E-state index in [9.17, 15) is 9.18 Å². The molecule has 1 aliphatic heterocycles. The Bertz CT molecular complexity index is 448. The fourth-order valence-corrected chi connectivity index (χ4v) is 2.68. The minimum atomic E-state index is -0.543. The maximum atomic E-state index is 13.6. The maximum Gasteiger partial charge on any atom is 0.256 e. The lowest BCUT2D eigenvalue weighted by Gasteiger charge is -2.26. The lowest BCUT2D eigenvalue weighted by Crippen LogP contribution is -2.38. The van der Waals surface area contributed by atoms with Crippen molar-refractivity contribution >= 4 is 5.91 Å². The van der Waals surface area contributed by atoms with E-state index in [0.717, 1.165) is 25.7 Å². The monoisotopic (exact) mass is 265 g/mol. The number of carbonyl (C=O) groups excluding carboxylic acids is 1. The third kappa shape index (κ3) is 2.92. The van der Waals surface area contributed by atoms with Crippen molar-refractivity contribution in [1.29, 1.82) is 0 Å².